The van der Waals surface area contributed by atoms with Gasteiger partial charge in [0.15, 0.2) is 17.5 Å². The molecule has 0 saturated heterocycles. The maximum absolute atomic E-state index is 12.9. The molecule has 0 unspecified atom stereocenters. The fourth-order valence-electron chi connectivity index (χ4n) is 1.20. The Morgan fingerprint density at radius 2 is 1.89 bits per heavy atom. The quantitative estimate of drug-likeness (QED) is 0.855. The van der Waals surface area contributed by atoms with Crippen molar-refractivity contribution in [1.82, 2.24) is 9.36 Å². The van der Waals surface area contributed by atoms with Crippen molar-refractivity contribution in [3.05, 3.63) is 41.0 Å². The molecule has 0 radical (unpaired) electrons. The zero-order valence-electron chi connectivity index (χ0n) is 9.00. The van der Waals surface area contributed by atoms with E-state index >= 15 is 0 Å². The Hall–Kier alpha value is -1.96. The number of hydrogen-bond donors (Lipinski definition) is 1. The van der Waals surface area contributed by atoms with Crippen molar-refractivity contribution in [2.75, 3.05) is 5.32 Å². The second-order valence-corrected chi connectivity index (χ2v) is 4.11. The van der Waals surface area contributed by atoms with Crippen LogP contribution in [0, 0.1) is 24.4 Å². The summed E-state index contributed by atoms with van der Waals surface area (Å²) in [5, 5.41) is 2.50. The standard InChI is InChI=1S/C10H6F3N3OS/c1-4-14-10(18-16-4)15-9(17)5-2-6(11)8(13)7(12)3-5/h2-3H,1H3,(H,14,15,16,17). The number of hydrogen-bond acceptors (Lipinski definition) is 4. The molecule has 8 heteroatoms. The predicted molar refractivity (Wildman–Crippen MR) is 58.9 cm³/mol. The van der Waals surface area contributed by atoms with E-state index in [1.54, 1.807) is 6.92 Å². The van der Waals surface area contributed by atoms with Crippen molar-refractivity contribution in [3.63, 3.8) is 0 Å². The topological polar surface area (TPSA) is 54.9 Å². The Kier molecular flexibility index (Phi) is 3.28. The summed E-state index contributed by atoms with van der Waals surface area (Å²) in [7, 11) is 0. The minimum Gasteiger partial charge on any atom is -0.297 e. The highest BCUT2D eigenvalue weighted by Gasteiger charge is 2.16. The van der Waals surface area contributed by atoms with Gasteiger partial charge in [-0.05, 0) is 19.1 Å². The zero-order valence-corrected chi connectivity index (χ0v) is 9.82. The van der Waals surface area contributed by atoms with Gasteiger partial charge in [0.2, 0.25) is 5.13 Å². The summed E-state index contributed by atoms with van der Waals surface area (Å²) in [6.45, 7) is 1.63. The molecule has 94 valence electrons. The van der Waals surface area contributed by atoms with Gasteiger partial charge in [0, 0.05) is 17.1 Å². The molecule has 0 aliphatic rings. The third-order valence-corrected chi connectivity index (χ3v) is 2.72. The number of aryl methyl sites for hydroxylation is 1. The molecule has 0 bridgehead atoms. The monoisotopic (exact) mass is 273 g/mol. The van der Waals surface area contributed by atoms with E-state index in [2.05, 4.69) is 14.7 Å². The number of nitrogens with zero attached hydrogens (tertiary/aromatic N) is 2. The molecule has 2 aromatic rings. The van der Waals surface area contributed by atoms with Gasteiger partial charge in [-0.2, -0.15) is 4.37 Å². The second kappa shape index (κ2) is 4.73. The van der Waals surface area contributed by atoms with E-state index in [-0.39, 0.29) is 10.7 Å². The van der Waals surface area contributed by atoms with Crippen LogP contribution in [0.2, 0.25) is 0 Å². The summed E-state index contributed by atoms with van der Waals surface area (Å²) in [5.74, 6) is -4.78. The van der Waals surface area contributed by atoms with Crippen molar-refractivity contribution in [2.24, 2.45) is 0 Å². The Labute approximate surface area is 104 Å². The van der Waals surface area contributed by atoms with Crippen LogP contribution in [-0.2, 0) is 0 Å². The van der Waals surface area contributed by atoms with Crippen molar-refractivity contribution in [1.29, 1.82) is 0 Å². The van der Waals surface area contributed by atoms with Crippen LogP contribution in [0.3, 0.4) is 0 Å². The fraction of sp³-hybridized carbons (Fsp3) is 0.100. The number of nitrogens with one attached hydrogen (secondary N) is 1. The SMILES string of the molecule is Cc1nsc(NC(=O)c2cc(F)c(F)c(F)c2)n1. The van der Waals surface area contributed by atoms with Gasteiger partial charge >= 0.3 is 0 Å². The predicted octanol–water partition coefficient (Wildman–Crippen LogP) is 2.52. The largest absolute Gasteiger partial charge is 0.297 e. The first kappa shape index (κ1) is 12.5. The molecule has 1 heterocycles. The molecule has 0 aliphatic carbocycles. The highest BCUT2D eigenvalue weighted by Crippen LogP contribution is 2.16. The van der Waals surface area contributed by atoms with E-state index in [0.29, 0.717) is 18.0 Å². The highest BCUT2D eigenvalue weighted by atomic mass is 32.1. The Balaban J connectivity index is 2.24. The van der Waals surface area contributed by atoms with E-state index in [0.717, 1.165) is 11.5 Å². The molecule has 1 aromatic carbocycles. The fourth-order valence-corrected chi connectivity index (χ4v) is 1.77. The van der Waals surface area contributed by atoms with Crippen LogP contribution in [-0.4, -0.2) is 15.3 Å². The lowest BCUT2D eigenvalue weighted by atomic mass is 10.2. The van der Waals surface area contributed by atoms with Crippen LogP contribution in [0.25, 0.3) is 0 Å². The van der Waals surface area contributed by atoms with Crippen LogP contribution in [0.5, 0.6) is 0 Å². The number of amides is 1. The molecule has 4 nitrogen and oxygen atoms in total. The first-order valence-corrected chi connectivity index (χ1v) is 5.51. The lowest BCUT2D eigenvalue weighted by molar-refractivity contribution is 0.102. The summed E-state index contributed by atoms with van der Waals surface area (Å²) in [4.78, 5) is 15.5. The smallest absolute Gasteiger partial charge is 0.257 e. The van der Waals surface area contributed by atoms with E-state index < -0.39 is 23.4 Å². The van der Waals surface area contributed by atoms with E-state index in [1.165, 1.54) is 0 Å². The Morgan fingerprint density at radius 1 is 1.28 bits per heavy atom. The molecule has 0 aliphatic heterocycles. The first-order chi connectivity index (χ1) is 8.47. The van der Waals surface area contributed by atoms with Gasteiger partial charge in [-0.3, -0.25) is 10.1 Å². The summed E-state index contributed by atoms with van der Waals surface area (Å²) >= 11 is 0.929. The third kappa shape index (κ3) is 2.48. The molecule has 1 N–H and O–H groups in total. The van der Waals surface area contributed by atoms with Crippen LogP contribution >= 0.6 is 11.5 Å². The second-order valence-electron chi connectivity index (χ2n) is 3.35. The summed E-state index contributed by atoms with van der Waals surface area (Å²) in [5.41, 5.74) is -0.334. The van der Waals surface area contributed by atoms with Gasteiger partial charge in [0.05, 0.1) is 0 Å². The molecular weight excluding hydrogens is 267 g/mol. The minimum absolute atomic E-state index is 0.197. The highest BCUT2D eigenvalue weighted by molar-refractivity contribution is 7.09. The van der Waals surface area contributed by atoms with Gasteiger partial charge in [-0.15, -0.1) is 0 Å². The normalized spacial score (nSPS) is 10.4. The van der Waals surface area contributed by atoms with Gasteiger partial charge < -0.3 is 0 Å². The van der Waals surface area contributed by atoms with Gasteiger partial charge in [-0.1, -0.05) is 0 Å². The van der Waals surface area contributed by atoms with Crippen LogP contribution in [0.15, 0.2) is 12.1 Å². The van der Waals surface area contributed by atoms with Crippen molar-refractivity contribution >= 4 is 22.6 Å². The lowest BCUT2D eigenvalue weighted by Crippen LogP contribution is -2.13. The summed E-state index contributed by atoms with van der Waals surface area (Å²) in [6.07, 6.45) is 0. The third-order valence-electron chi connectivity index (χ3n) is 1.99. The molecule has 18 heavy (non-hydrogen) atoms. The zero-order chi connectivity index (χ0) is 13.3. The maximum atomic E-state index is 12.9. The molecule has 1 amide bonds. The average molecular weight is 273 g/mol. The van der Waals surface area contributed by atoms with Crippen molar-refractivity contribution in [3.8, 4) is 0 Å². The maximum Gasteiger partial charge on any atom is 0.257 e. The molecular formula is C10H6F3N3OS. The minimum atomic E-state index is -1.61. The van der Waals surface area contributed by atoms with Gasteiger partial charge in [0.1, 0.15) is 5.82 Å². The molecule has 0 fully saturated rings. The van der Waals surface area contributed by atoms with Crippen LogP contribution in [0.1, 0.15) is 16.2 Å². The number of carbonyl (C=O) groups is 1. The Morgan fingerprint density at radius 3 is 2.39 bits per heavy atom. The van der Waals surface area contributed by atoms with Gasteiger partial charge in [0.25, 0.3) is 5.91 Å². The number of anilines is 1. The lowest BCUT2D eigenvalue weighted by Gasteiger charge is -2.02. The molecule has 0 spiro atoms. The van der Waals surface area contributed by atoms with E-state index in [9.17, 15) is 18.0 Å². The molecule has 2 rings (SSSR count). The molecule has 0 saturated carbocycles. The summed E-state index contributed by atoms with van der Waals surface area (Å²) in [6, 6.07) is 1.23. The number of rotatable bonds is 2. The molecule has 0 atom stereocenters. The Bertz CT molecular complexity index is 591. The van der Waals surface area contributed by atoms with E-state index in [1.807, 2.05) is 0 Å². The van der Waals surface area contributed by atoms with E-state index in [4.69, 9.17) is 0 Å². The number of carbonyl (C=O) groups excluding carboxylic acids is 1. The first-order valence-electron chi connectivity index (χ1n) is 4.73. The van der Waals surface area contributed by atoms with Crippen LogP contribution < -0.4 is 5.32 Å². The molecule has 1 aromatic heterocycles. The number of benzene rings is 1. The number of aromatic nitrogens is 2. The van der Waals surface area contributed by atoms with Crippen molar-refractivity contribution < 1.29 is 18.0 Å². The van der Waals surface area contributed by atoms with Gasteiger partial charge in [-0.25, -0.2) is 18.2 Å². The number of halogens is 3. The van der Waals surface area contributed by atoms with Crippen LogP contribution in [0.4, 0.5) is 18.3 Å². The summed E-state index contributed by atoms with van der Waals surface area (Å²) < 4.78 is 42.4. The average Bonchev–Trinajstić information content (AvgIpc) is 2.71. The van der Waals surface area contributed by atoms with Crippen molar-refractivity contribution in [2.45, 2.75) is 6.92 Å².